The first-order valence-electron chi connectivity index (χ1n) is 8.74. The van der Waals surface area contributed by atoms with E-state index in [-0.39, 0.29) is 18.6 Å². The number of nitriles is 1. The zero-order valence-electron chi connectivity index (χ0n) is 15.3. The monoisotopic (exact) mass is 357 g/mol. The second kappa shape index (κ2) is 6.87. The van der Waals surface area contributed by atoms with Crippen LogP contribution in [-0.4, -0.2) is 35.8 Å². The van der Waals surface area contributed by atoms with Crippen molar-refractivity contribution in [1.29, 1.82) is 5.26 Å². The Balaban J connectivity index is 1.87. The van der Waals surface area contributed by atoms with Crippen molar-refractivity contribution in [1.82, 2.24) is 4.90 Å². The molecule has 3 rings (SSSR count). The average molecular weight is 357 g/mol. The summed E-state index contributed by atoms with van der Waals surface area (Å²) in [6, 6.07) is 7.44. The summed E-state index contributed by atoms with van der Waals surface area (Å²) in [6.07, 6.45) is 0.181. The van der Waals surface area contributed by atoms with Crippen LogP contribution in [0.15, 0.2) is 18.2 Å². The Morgan fingerprint density at radius 3 is 2.85 bits per heavy atom. The first-order chi connectivity index (χ1) is 12.3. The number of carbonyl (C=O) groups is 2. The number of carbonyl (C=O) groups excluding carboxylic acids is 2. The lowest BCUT2D eigenvalue weighted by atomic mass is 10.0. The molecule has 0 aliphatic carbocycles. The fourth-order valence-corrected chi connectivity index (χ4v) is 3.29. The maximum Gasteiger partial charge on any atom is 0.414 e. The van der Waals surface area contributed by atoms with E-state index >= 15 is 0 Å². The van der Waals surface area contributed by atoms with E-state index in [2.05, 4.69) is 6.07 Å². The van der Waals surface area contributed by atoms with Crippen LogP contribution in [0.2, 0.25) is 0 Å². The minimum absolute atomic E-state index is 0.192. The molecule has 0 radical (unpaired) electrons. The Hall–Kier alpha value is -2.75. The maximum absolute atomic E-state index is 12.6. The molecule has 1 atom stereocenters. The third kappa shape index (κ3) is 3.59. The minimum Gasteiger partial charge on any atom is -0.449 e. The van der Waals surface area contributed by atoms with Gasteiger partial charge >= 0.3 is 12.2 Å². The van der Waals surface area contributed by atoms with Gasteiger partial charge in [-0.05, 0) is 50.5 Å². The number of ether oxygens (including phenoxy) is 2. The molecule has 2 amide bonds. The van der Waals surface area contributed by atoms with Crippen LogP contribution in [0.5, 0.6) is 0 Å². The molecule has 0 saturated carbocycles. The number of nitrogens with zero attached hydrogens (tertiary/aromatic N) is 3. The van der Waals surface area contributed by atoms with Crippen molar-refractivity contribution in [2.24, 2.45) is 0 Å². The lowest BCUT2D eigenvalue weighted by Crippen LogP contribution is -2.37. The van der Waals surface area contributed by atoms with Gasteiger partial charge in [-0.15, -0.1) is 0 Å². The number of cyclic esters (lactones) is 1. The maximum atomic E-state index is 12.6. The summed E-state index contributed by atoms with van der Waals surface area (Å²) in [4.78, 5) is 27.7. The van der Waals surface area contributed by atoms with E-state index in [4.69, 9.17) is 9.47 Å². The van der Waals surface area contributed by atoms with Crippen LogP contribution in [-0.2, 0) is 16.0 Å². The molecule has 7 heteroatoms. The van der Waals surface area contributed by atoms with E-state index in [0.29, 0.717) is 19.7 Å². The molecule has 1 fully saturated rings. The number of amides is 2. The van der Waals surface area contributed by atoms with Crippen LogP contribution in [0.1, 0.15) is 50.8 Å². The Morgan fingerprint density at radius 2 is 2.19 bits per heavy atom. The number of rotatable bonds is 2. The highest BCUT2D eigenvalue weighted by molar-refractivity contribution is 5.88. The van der Waals surface area contributed by atoms with Gasteiger partial charge in [-0.3, -0.25) is 9.80 Å². The third-order valence-corrected chi connectivity index (χ3v) is 4.40. The fourth-order valence-electron chi connectivity index (χ4n) is 3.29. The Bertz CT molecular complexity index is 763. The van der Waals surface area contributed by atoms with Crippen LogP contribution in [0.4, 0.5) is 15.3 Å². The molecular weight excluding hydrogens is 334 g/mol. The molecule has 2 aliphatic rings. The zero-order chi connectivity index (χ0) is 18.9. The summed E-state index contributed by atoms with van der Waals surface area (Å²) in [5, 5.41) is 9.18. The largest absolute Gasteiger partial charge is 0.449 e. The van der Waals surface area contributed by atoms with Gasteiger partial charge in [0.1, 0.15) is 5.60 Å². The van der Waals surface area contributed by atoms with Gasteiger partial charge < -0.3 is 9.47 Å². The summed E-state index contributed by atoms with van der Waals surface area (Å²) in [7, 11) is 0. The van der Waals surface area contributed by atoms with Gasteiger partial charge in [0.2, 0.25) is 0 Å². The molecule has 1 saturated heterocycles. The number of hydrogen-bond donors (Lipinski definition) is 0. The van der Waals surface area contributed by atoms with Gasteiger partial charge in [0.15, 0.2) is 0 Å². The molecule has 26 heavy (non-hydrogen) atoms. The van der Waals surface area contributed by atoms with Crippen LogP contribution in [0.3, 0.4) is 0 Å². The fraction of sp³-hybridized carbons (Fsp3) is 0.526. The summed E-state index contributed by atoms with van der Waals surface area (Å²) in [5.41, 5.74) is 1.99. The lowest BCUT2D eigenvalue weighted by molar-refractivity contribution is 0.0175. The Labute approximate surface area is 153 Å². The Kier molecular flexibility index (Phi) is 4.77. The number of fused-ring (bicyclic) bond motifs is 1. The highest BCUT2D eigenvalue weighted by Gasteiger charge is 2.36. The van der Waals surface area contributed by atoms with E-state index < -0.39 is 11.7 Å². The van der Waals surface area contributed by atoms with Gasteiger partial charge in [-0.1, -0.05) is 6.07 Å². The molecule has 0 N–H and O–H groups in total. The van der Waals surface area contributed by atoms with E-state index in [1.165, 1.54) is 0 Å². The SMILES string of the molecule is CC(C)(C)OC(=O)N1Cc2cc(N3CCCOC3=O)ccc2C1CC#N. The topological polar surface area (TPSA) is 82.9 Å². The third-order valence-electron chi connectivity index (χ3n) is 4.40. The van der Waals surface area contributed by atoms with E-state index in [0.717, 1.165) is 23.2 Å². The van der Waals surface area contributed by atoms with Gasteiger partial charge in [0.25, 0.3) is 0 Å². The van der Waals surface area contributed by atoms with Crippen LogP contribution < -0.4 is 4.90 Å². The molecule has 2 heterocycles. The molecule has 7 nitrogen and oxygen atoms in total. The quantitative estimate of drug-likeness (QED) is 0.805. The summed E-state index contributed by atoms with van der Waals surface area (Å²) < 4.78 is 10.6. The molecule has 0 aromatic heterocycles. The molecule has 0 spiro atoms. The summed E-state index contributed by atoms with van der Waals surface area (Å²) in [5.74, 6) is 0. The van der Waals surface area contributed by atoms with Gasteiger partial charge in [0.05, 0.1) is 31.7 Å². The molecule has 1 unspecified atom stereocenters. The summed E-state index contributed by atoms with van der Waals surface area (Å²) >= 11 is 0. The predicted molar refractivity (Wildman–Crippen MR) is 94.5 cm³/mol. The highest BCUT2D eigenvalue weighted by Crippen LogP contribution is 2.39. The first kappa shape index (κ1) is 18.1. The van der Waals surface area contributed by atoms with Gasteiger partial charge in [-0.2, -0.15) is 5.26 Å². The van der Waals surface area contributed by atoms with Crippen LogP contribution in [0.25, 0.3) is 0 Å². The van der Waals surface area contributed by atoms with Crippen molar-refractivity contribution in [3.8, 4) is 6.07 Å². The lowest BCUT2D eigenvalue weighted by Gasteiger charge is -2.27. The van der Waals surface area contributed by atoms with Gasteiger partial charge in [-0.25, -0.2) is 9.59 Å². The van der Waals surface area contributed by atoms with Crippen molar-refractivity contribution >= 4 is 17.9 Å². The zero-order valence-corrected chi connectivity index (χ0v) is 15.3. The standard InChI is InChI=1S/C19H23N3O4/c1-19(2,3)26-18(24)22-12-13-11-14(21-9-4-10-25-17(21)23)5-6-15(13)16(22)7-8-20/h5-6,11,16H,4,7,9-10,12H2,1-3H3. The molecule has 138 valence electrons. The second-order valence-corrected chi connectivity index (χ2v) is 7.49. The number of benzene rings is 1. The molecular formula is C19H23N3O4. The smallest absolute Gasteiger partial charge is 0.414 e. The predicted octanol–water partition coefficient (Wildman–Crippen LogP) is 3.74. The first-order valence-corrected chi connectivity index (χ1v) is 8.74. The van der Waals surface area contributed by atoms with Crippen molar-refractivity contribution in [2.75, 3.05) is 18.1 Å². The van der Waals surface area contributed by atoms with E-state index in [1.54, 1.807) is 9.80 Å². The summed E-state index contributed by atoms with van der Waals surface area (Å²) in [6.45, 7) is 6.84. The van der Waals surface area contributed by atoms with Crippen molar-refractivity contribution in [3.05, 3.63) is 29.3 Å². The highest BCUT2D eigenvalue weighted by atomic mass is 16.6. The van der Waals surface area contributed by atoms with Crippen molar-refractivity contribution in [2.45, 2.75) is 51.8 Å². The normalized spacial score (nSPS) is 19.6. The van der Waals surface area contributed by atoms with Gasteiger partial charge in [0, 0.05) is 12.2 Å². The van der Waals surface area contributed by atoms with E-state index in [9.17, 15) is 14.9 Å². The average Bonchev–Trinajstić information content (AvgIpc) is 2.92. The molecule has 0 bridgehead atoms. The molecule has 2 aliphatic heterocycles. The van der Waals surface area contributed by atoms with Crippen LogP contribution >= 0.6 is 0 Å². The minimum atomic E-state index is -0.605. The number of hydrogen-bond acceptors (Lipinski definition) is 5. The Morgan fingerprint density at radius 1 is 1.42 bits per heavy atom. The molecule has 1 aromatic rings. The second-order valence-electron chi connectivity index (χ2n) is 7.49. The van der Waals surface area contributed by atoms with Crippen LogP contribution in [0, 0.1) is 11.3 Å². The molecule has 1 aromatic carbocycles. The van der Waals surface area contributed by atoms with Crippen molar-refractivity contribution in [3.63, 3.8) is 0 Å². The number of anilines is 1. The van der Waals surface area contributed by atoms with Crippen molar-refractivity contribution < 1.29 is 19.1 Å². The van der Waals surface area contributed by atoms with E-state index in [1.807, 2.05) is 39.0 Å².